The lowest BCUT2D eigenvalue weighted by Crippen LogP contribution is -2.44. The first-order chi connectivity index (χ1) is 10.9. The van der Waals surface area contributed by atoms with Gasteiger partial charge in [-0.3, -0.25) is 0 Å². The van der Waals surface area contributed by atoms with Crippen molar-refractivity contribution in [1.29, 1.82) is 0 Å². The van der Waals surface area contributed by atoms with Crippen LogP contribution in [-0.2, 0) is 0 Å². The molecular weight excluding hydrogens is 265 g/mol. The summed E-state index contributed by atoms with van der Waals surface area (Å²) < 4.78 is 0. The van der Waals surface area contributed by atoms with Crippen molar-refractivity contribution in [3.8, 4) is 0 Å². The van der Waals surface area contributed by atoms with Crippen LogP contribution in [0.3, 0.4) is 0 Å². The van der Waals surface area contributed by atoms with Gasteiger partial charge in [-0.2, -0.15) is 0 Å². The van der Waals surface area contributed by atoms with E-state index in [1.165, 1.54) is 48.8 Å². The minimum Gasteiger partial charge on any atom is -0.420 e. The SMILES string of the molecule is C1=C(C2CCCCC2)B(c2ccccc2)Nc2ccccc21. The number of benzene rings is 2. The summed E-state index contributed by atoms with van der Waals surface area (Å²) in [6, 6.07) is 19.6. The van der Waals surface area contributed by atoms with Gasteiger partial charge in [0.25, 0.3) is 0 Å². The molecule has 1 fully saturated rings. The van der Waals surface area contributed by atoms with Crippen LogP contribution in [0, 0.1) is 5.92 Å². The van der Waals surface area contributed by atoms with Crippen molar-refractivity contribution in [2.45, 2.75) is 32.1 Å². The van der Waals surface area contributed by atoms with E-state index in [9.17, 15) is 0 Å². The first-order valence-corrected chi connectivity index (χ1v) is 8.54. The van der Waals surface area contributed by atoms with Gasteiger partial charge in [0.05, 0.1) is 0 Å². The highest BCUT2D eigenvalue weighted by molar-refractivity contribution is 6.83. The van der Waals surface area contributed by atoms with Crippen LogP contribution >= 0.6 is 0 Å². The average molecular weight is 287 g/mol. The Hall–Kier alpha value is -1.96. The lowest BCUT2D eigenvalue weighted by molar-refractivity contribution is 0.414. The van der Waals surface area contributed by atoms with Crippen LogP contribution in [0.4, 0.5) is 5.69 Å². The van der Waals surface area contributed by atoms with E-state index >= 15 is 0 Å². The van der Waals surface area contributed by atoms with E-state index in [2.05, 4.69) is 65.9 Å². The summed E-state index contributed by atoms with van der Waals surface area (Å²) >= 11 is 0. The van der Waals surface area contributed by atoms with Crippen molar-refractivity contribution in [2.75, 3.05) is 5.23 Å². The van der Waals surface area contributed by atoms with Crippen LogP contribution < -0.4 is 10.7 Å². The van der Waals surface area contributed by atoms with Crippen LogP contribution in [0.5, 0.6) is 0 Å². The van der Waals surface area contributed by atoms with Crippen molar-refractivity contribution < 1.29 is 0 Å². The van der Waals surface area contributed by atoms with E-state index in [0.717, 1.165) is 5.92 Å². The molecule has 0 unspecified atom stereocenters. The summed E-state index contributed by atoms with van der Waals surface area (Å²) in [5.74, 6) is 0.736. The van der Waals surface area contributed by atoms with E-state index < -0.39 is 0 Å². The molecule has 0 spiro atoms. The molecule has 22 heavy (non-hydrogen) atoms. The number of hydrogen-bond acceptors (Lipinski definition) is 1. The van der Waals surface area contributed by atoms with Crippen LogP contribution in [0.15, 0.2) is 60.1 Å². The largest absolute Gasteiger partial charge is 0.420 e. The highest BCUT2D eigenvalue weighted by Gasteiger charge is 2.32. The van der Waals surface area contributed by atoms with E-state index in [0.29, 0.717) is 6.85 Å². The molecule has 1 aliphatic heterocycles. The Balaban J connectivity index is 1.76. The molecule has 0 radical (unpaired) electrons. The normalized spacial score (nSPS) is 18.4. The molecule has 2 aromatic carbocycles. The molecule has 1 nitrogen and oxygen atoms in total. The number of fused-ring (bicyclic) bond motifs is 1. The smallest absolute Gasteiger partial charge is 0.317 e. The Labute approximate surface area is 133 Å². The Bertz CT molecular complexity index is 671. The fourth-order valence-electron chi connectivity index (χ4n) is 3.97. The van der Waals surface area contributed by atoms with Gasteiger partial charge in [0.2, 0.25) is 0 Å². The van der Waals surface area contributed by atoms with Gasteiger partial charge in [0, 0.05) is 5.69 Å². The summed E-state index contributed by atoms with van der Waals surface area (Å²) in [6.45, 7) is 0.333. The average Bonchev–Trinajstić information content (AvgIpc) is 2.62. The molecule has 0 bridgehead atoms. The molecule has 1 aliphatic carbocycles. The zero-order chi connectivity index (χ0) is 14.8. The molecule has 0 atom stereocenters. The van der Waals surface area contributed by atoms with Crippen LogP contribution in [0.1, 0.15) is 37.7 Å². The summed E-state index contributed by atoms with van der Waals surface area (Å²) in [5, 5.41) is 3.79. The van der Waals surface area contributed by atoms with E-state index in [1.807, 2.05) is 0 Å². The van der Waals surface area contributed by atoms with E-state index in [1.54, 1.807) is 5.47 Å². The van der Waals surface area contributed by atoms with Crippen molar-refractivity contribution in [3.63, 3.8) is 0 Å². The predicted octanol–water partition coefficient (Wildman–Crippen LogP) is 4.51. The van der Waals surface area contributed by atoms with E-state index in [-0.39, 0.29) is 0 Å². The Kier molecular flexibility index (Phi) is 3.76. The highest BCUT2D eigenvalue weighted by Crippen LogP contribution is 2.36. The second-order valence-corrected chi connectivity index (χ2v) is 6.55. The predicted molar refractivity (Wildman–Crippen MR) is 96.4 cm³/mol. The number of hydrogen-bond donors (Lipinski definition) is 1. The Morgan fingerprint density at radius 2 is 1.55 bits per heavy atom. The molecule has 110 valence electrons. The second-order valence-electron chi connectivity index (χ2n) is 6.55. The molecule has 2 aromatic rings. The number of rotatable bonds is 2. The molecule has 1 N–H and O–H groups in total. The molecule has 4 rings (SSSR count). The maximum Gasteiger partial charge on any atom is 0.317 e. The maximum absolute atomic E-state index is 3.79. The van der Waals surface area contributed by atoms with Crippen molar-refractivity contribution in [1.82, 2.24) is 0 Å². The zero-order valence-electron chi connectivity index (χ0n) is 13.0. The molecule has 0 amide bonds. The standard InChI is InChI=1S/C20H22BN/c1-3-9-16(10-4-1)19-15-17-11-7-8-14-20(17)22-21(19)18-12-5-2-6-13-18/h2,5-8,11-16,22H,1,3-4,9-10H2. The first-order valence-electron chi connectivity index (χ1n) is 8.54. The lowest BCUT2D eigenvalue weighted by atomic mass is 9.45. The van der Waals surface area contributed by atoms with Crippen LogP contribution in [0.2, 0.25) is 0 Å². The van der Waals surface area contributed by atoms with Crippen molar-refractivity contribution in [2.24, 2.45) is 5.92 Å². The van der Waals surface area contributed by atoms with Crippen LogP contribution in [-0.4, -0.2) is 6.85 Å². The summed E-state index contributed by atoms with van der Waals surface area (Å²) in [5.41, 5.74) is 5.57. The number of anilines is 1. The molecule has 2 heteroatoms. The Morgan fingerprint density at radius 1 is 0.818 bits per heavy atom. The molecule has 0 aromatic heterocycles. The maximum atomic E-state index is 3.79. The molecule has 1 heterocycles. The van der Waals surface area contributed by atoms with Gasteiger partial charge in [-0.15, -0.1) is 0 Å². The molecule has 0 saturated heterocycles. The lowest BCUT2D eigenvalue weighted by Gasteiger charge is -2.33. The third kappa shape index (κ3) is 2.58. The minimum atomic E-state index is 0.333. The van der Waals surface area contributed by atoms with Crippen LogP contribution in [0.25, 0.3) is 6.08 Å². The van der Waals surface area contributed by atoms with Crippen molar-refractivity contribution >= 4 is 24.1 Å². The highest BCUT2D eigenvalue weighted by atomic mass is 14.8. The molecule has 2 aliphatic rings. The van der Waals surface area contributed by atoms with Gasteiger partial charge in [0.15, 0.2) is 0 Å². The third-order valence-electron chi connectivity index (χ3n) is 5.13. The van der Waals surface area contributed by atoms with Gasteiger partial charge >= 0.3 is 6.85 Å². The summed E-state index contributed by atoms with van der Waals surface area (Å²) in [7, 11) is 0. The number of para-hydroxylation sites is 1. The van der Waals surface area contributed by atoms with E-state index in [4.69, 9.17) is 0 Å². The summed E-state index contributed by atoms with van der Waals surface area (Å²) in [4.78, 5) is 0. The minimum absolute atomic E-state index is 0.333. The fourth-order valence-corrected chi connectivity index (χ4v) is 3.97. The van der Waals surface area contributed by atoms with Gasteiger partial charge in [-0.1, -0.05) is 84.8 Å². The third-order valence-corrected chi connectivity index (χ3v) is 5.13. The second kappa shape index (κ2) is 6.04. The van der Waals surface area contributed by atoms with Gasteiger partial charge in [-0.25, -0.2) is 0 Å². The van der Waals surface area contributed by atoms with Gasteiger partial charge < -0.3 is 5.23 Å². The first kappa shape index (κ1) is 13.7. The molecular formula is C20H22BN. The zero-order valence-corrected chi connectivity index (χ0v) is 13.0. The monoisotopic (exact) mass is 287 g/mol. The molecule has 1 saturated carbocycles. The van der Waals surface area contributed by atoms with Gasteiger partial charge in [-0.05, 0) is 30.4 Å². The van der Waals surface area contributed by atoms with Gasteiger partial charge in [0.1, 0.15) is 0 Å². The summed E-state index contributed by atoms with van der Waals surface area (Å²) in [6.07, 6.45) is 9.32. The fraction of sp³-hybridized carbons (Fsp3) is 0.300. The topological polar surface area (TPSA) is 12.0 Å². The number of allylic oxidation sites excluding steroid dienone is 1. The Morgan fingerprint density at radius 3 is 2.36 bits per heavy atom. The number of nitrogens with one attached hydrogen (secondary N) is 1. The van der Waals surface area contributed by atoms with Crippen molar-refractivity contribution in [3.05, 3.63) is 65.6 Å². The quantitative estimate of drug-likeness (QED) is 0.801.